The van der Waals surface area contributed by atoms with Gasteiger partial charge in [-0.3, -0.25) is 9.59 Å². The van der Waals surface area contributed by atoms with Gasteiger partial charge in [0.25, 0.3) is 5.91 Å². The van der Waals surface area contributed by atoms with Crippen LogP contribution >= 0.6 is 0 Å². The largest absolute Gasteiger partial charge is 0.493 e. The minimum atomic E-state index is -0.393. The maximum absolute atomic E-state index is 11.8. The van der Waals surface area contributed by atoms with E-state index in [9.17, 15) is 9.59 Å². The summed E-state index contributed by atoms with van der Waals surface area (Å²) in [6.45, 7) is 5.72. The summed E-state index contributed by atoms with van der Waals surface area (Å²) in [6.07, 6.45) is 0.257. The number of hydrogen-bond acceptors (Lipinski definition) is 6. The summed E-state index contributed by atoms with van der Waals surface area (Å²) >= 11 is 0. The molecule has 1 amide bonds. The second kappa shape index (κ2) is 9.15. The third kappa shape index (κ3) is 6.91. The molecule has 25 heavy (non-hydrogen) atoms. The third-order valence-electron chi connectivity index (χ3n) is 3.25. The van der Waals surface area contributed by atoms with Gasteiger partial charge in [0.1, 0.15) is 0 Å². The minimum Gasteiger partial charge on any atom is -0.493 e. The fraction of sp³-hybridized carbons (Fsp3) is 0.556. The zero-order valence-electron chi connectivity index (χ0n) is 15.7. The Balaban J connectivity index is 2.60. The van der Waals surface area contributed by atoms with Gasteiger partial charge in [-0.15, -0.1) is 0 Å². The number of benzene rings is 1. The van der Waals surface area contributed by atoms with Crippen LogP contribution < -0.4 is 19.5 Å². The highest BCUT2D eigenvalue weighted by molar-refractivity contribution is 5.80. The third-order valence-corrected chi connectivity index (χ3v) is 3.25. The van der Waals surface area contributed by atoms with Crippen LogP contribution in [0.3, 0.4) is 0 Å². The molecule has 0 heterocycles. The normalized spacial score (nSPS) is 10.8. The summed E-state index contributed by atoms with van der Waals surface area (Å²) in [7, 11) is 4.57. The van der Waals surface area contributed by atoms with Crippen LogP contribution in [0.15, 0.2) is 12.1 Å². The van der Waals surface area contributed by atoms with Gasteiger partial charge < -0.3 is 24.3 Å². The van der Waals surface area contributed by atoms with Gasteiger partial charge in [-0.25, -0.2) is 0 Å². The van der Waals surface area contributed by atoms with Gasteiger partial charge in [0.15, 0.2) is 18.1 Å². The molecule has 0 radical (unpaired) electrons. The molecule has 1 aromatic rings. The Bertz CT molecular complexity index is 581. The Morgan fingerprint density at radius 2 is 1.56 bits per heavy atom. The Kier molecular flexibility index (Phi) is 7.54. The van der Waals surface area contributed by atoms with Crippen molar-refractivity contribution < 1.29 is 28.5 Å². The summed E-state index contributed by atoms with van der Waals surface area (Å²) in [5, 5.41) is 2.69. The van der Waals surface area contributed by atoms with Gasteiger partial charge in [-0.1, -0.05) is 20.8 Å². The molecule has 0 bridgehead atoms. The molecule has 140 valence electrons. The topological polar surface area (TPSA) is 83.1 Å². The SMILES string of the molecule is COc1cc(CNC(=O)COC(=O)CC(C)(C)C)cc(OC)c1OC. The summed E-state index contributed by atoms with van der Waals surface area (Å²) in [6, 6.07) is 3.49. The lowest BCUT2D eigenvalue weighted by Crippen LogP contribution is -2.29. The van der Waals surface area contributed by atoms with Crippen LogP contribution in [-0.2, 0) is 20.9 Å². The van der Waals surface area contributed by atoms with Crippen LogP contribution in [0.25, 0.3) is 0 Å². The molecule has 7 nitrogen and oxygen atoms in total. The highest BCUT2D eigenvalue weighted by Gasteiger charge is 2.18. The zero-order chi connectivity index (χ0) is 19.0. The number of carbonyl (C=O) groups is 2. The maximum atomic E-state index is 11.8. The number of methoxy groups -OCH3 is 3. The Labute approximate surface area is 148 Å². The predicted molar refractivity (Wildman–Crippen MR) is 93.0 cm³/mol. The molecule has 0 unspecified atom stereocenters. The standard InChI is InChI=1S/C18H27NO6/c1-18(2,3)9-16(21)25-11-15(20)19-10-12-7-13(22-4)17(24-6)14(8-12)23-5/h7-8H,9-11H2,1-6H3,(H,19,20). The lowest BCUT2D eigenvalue weighted by atomic mass is 9.93. The fourth-order valence-electron chi connectivity index (χ4n) is 2.12. The van der Waals surface area contributed by atoms with Crippen LogP contribution in [0.1, 0.15) is 32.8 Å². The molecule has 0 saturated carbocycles. The first-order valence-corrected chi connectivity index (χ1v) is 7.91. The smallest absolute Gasteiger partial charge is 0.306 e. The summed E-state index contributed by atoms with van der Waals surface area (Å²) < 4.78 is 20.8. The summed E-state index contributed by atoms with van der Waals surface area (Å²) in [5.41, 5.74) is 0.591. The Hall–Kier alpha value is -2.44. The molecule has 0 aliphatic heterocycles. The van der Waals surface area contributed by atoms with Crippen molar-refractivity contribution in [2.24, 2.45) is 5.41 Å². The number of rotatable bonds is 8. The van der Waals surface area contributed by atoms with Gasteiger partial charge in [-0.05, 0) is 23.1 Å². The molecule has 0 aliphatic carbocycles. The van der Waals surface area contributed by atoms with Crippen molar-refractivity contribution >= 4 is 11.9 Å². The maximum Gasteiger partial charge on any atom is 0.306 e. The van der Waals surface area contributed by atoms with E-state index in [0.717, 1.165) is 5.56 Å². The highest BCUT2D eigenvalue weighted by atomic mass is 16.5. The lowest BCUT2D eigenvalue weighted by molar-refractivity contribution is -0.150. The van der Waals surface area contributed by atoms with Crippen LogP contribution in [0, 0.1) is 5.41 Å². The van der Waals surface area contributed by atoms with Crippen LogP contribution in [0.2, 0.25) is 0 Å². The molecule has 0 saturated heterocycles. The van der Waals surface area contributed by atoms with Gasteiger partial charge in [-0.2, -0.15) is 0 Å². The van der Waals surface area contributed by atoms with E-state index in [1.165, 1.54) is 21.3 Å². The van der Waals surface area contributed by atoms with Gasteiger partial charge >= 0.3 is 5.97 Å². The van der Waals surface area contributed by atoms with Crippen molar-refractivity contribution in [3.63, 3.8) is 0 Å². The number of esters is 1. The van der Waals surface area contributed by atoms with E-state index in [1.807, 2.05) is 20.8 Å². The van der Waals surface area contributed by atoms with Gasteiger partial charge in [0.2, 0.25) is 5.75 Å². The van der Waals surface area contributed by atoms with Gasteiger partial charge in [0, 0.05) is 6.54 Å². The first kappa shape index (κ1) is 20.6. The van der Waals surface area contributed by atoms with E-state index in [4.69, 9.17) is 18.9 Å². The summed E-state index contributed by atoms with van der Waals surface area (Å²) in [4.78, 5) is 23.5. The number of hydrogen-bond donors (Lipinski definition) is 1. The van der Waals surface area contributed by atoms with E-state index >= 15 is 0 Å². The lowest BCUT2D eigenvalue weighted by Gasteiger charge is -2.16. The monoisotopic (exact) mass is 353 g/mol. The minimum absolute atomic E-state index is 0.177. The van der Waals surface area contributed by atoms with Crippen molar-refractivity contribution in [1.29, 1.82) is 0 Å². The molecule has 1 N–H and O–H groups in total. The van der Waals surface area contributed by atoms with E-state index in [0.29, 0.717) is 17.2 Å². The number of amides is 1. The van der Waals surface area contributed by atoms with Crippen molar-refractivity contribution in [3.05, 3.63) is 17.7 Å². The number of nitrogens with one attached hydrogen (secondary N) is 1. The Morgan fingerprint density at radius 3 is 2.00 bits per heavy atom. The van der Waals surface area contributed by atoms with E-state index in [1.54, 1.807) is 12.1 Å². The molecule has 7 heteroatoms. The first-order chi connectivity index (χ1) is 11.7. The second-order valence-corrected chi connectivity index (χ2v) is 6.71. The average molecular weight is 353 g/mol. The van der Waals surface area contributed by atoms with Crippen LogP contribution in [0.5, 0.6) is 17.2 Å². The fourth-order valence-corrected chi connectivity index (χ4v) is 2.12. The predicted octanol–water partition coefficient (Wildman–Crippen LogP) is 2.31. The van der Waals surface area contributed by atoms with E-state index < -0.39 is 5.97 Å². The van der Waals surface area contributed by atoms with E-state index in [2.05, 4.69) is 5.32 Å². The van der Waals surface area contributed by atoms with E-state index in [-0.39, 0.29) is 30.9 Å². The summed E-state index contributed by atoms with van der Waals surface area (Å²) in [5.74, 6) is 0.716. The van der Waals surface area contributed by atoms with Crippen molar-refractivity contribution in [2.45, 2.75) is 33.7 Å². The second-order valence-electron chi connectivity index (χ2n) is 6.71. The quantitative estimate of drug-likeness (QED) is 0.722. The van der Waals surface area contributed by atoms with Crippen LogP contribution in [-0.4, -0.2) is 39.8 Å². The molecular weight excluding hydrogens is 326 g/mol. The molecular formula is C18H27NO6. The van der Waals surface area contributed by atoms with Gasteiger partial charge in [0.05, 0.1) is 27.8 Å². The molecule has 1 aromatic carbocycles. The molecule has 0 atom stereocenters. The number of carbonyl (C=O) groups excluding carboxylic acids is 2. The molecule has 0 spiro atoms. The number of ether oxygens (including phenoxy) is 4. The zero-order valence-corrected chi connectivity index (χ0v) is 15.7. The first-order valence-electron chi connectivity index (χ1n) is 7.91. The molecule has 0 aromatic heterocycles. The molecule has 1 rings (SSSR count). The van der Waals surface area contributed by atoms with Crippen molar-refractivity contribution in [3.8, 4) is 17.2 Å². The van der Waals surface area contributed by atoms with Crippen LogP contribution in [0.4, 0.5) is 0 Å². The Morgan fingerprint density at radius 1 is 1.00 bits per heavy atom. The van der Waals surface area contributed by atoms with Crippen molar-refractivity contribution in [1.82, 2.24) is 5.32 Å². The molecule has 0 fully saturated rings. The van der Waals surface area contributed by atoms with Crippen molar-refractivity contribution in [2.75, 3.05) is 27.9 Å². The average Bonchev–Trinajstić information content (AvgIpc) is 2.55. The molecule has 0 aliphatic rings. The highest BCUT2D eigenvalue weighted by Crippen LogP contribution is 2.38.